The lowest BCUT2D eigenvalue weighted by Gasteiger charge is -2.29. The molecule has 5 rings (SSSR count). The number of carbonyl (C=O) groups excluding carboxylic acids is 1. The number of benzene rings is 2. The van der Waals surface area contributed by atoms with Crippen LogP contribution in [0.2, 0.25) is 0 Å². The molecule has 3 fully saturated rings. The maximum absolute atomic E-state index is 14.3. The fourth-order valence-corrected chi connectivity index (χ4v) is 5.79. The highest BCUT2D eigenvalue weighted by atomic mass is 16.8. The number of methoxy groups -OCH3 is 1. The molecule has 2 aromatic rings. The summed E-state index contributed by atoms with van der Waals surface area (Å²) < 4.78 is 49.2. The number of Topliss-reactive ketones (excluding diaryl/α,β-unsaturated/α-hetero) is 1. The minimum atomic E-state index is -0.997. The summed E-state index contributed by atoms with van der Waals surface area (Å²) in [5.74, 6) is -2.84. The summed E-state index contributed by atoms with van der Waals surface area (Å²) in [5.41, 5.74) is 1.98. The number of rotatable bonds is 12. The number of hydrogen-bond acceptors (Lipinski definition) is 9. The summed E-state index contributed by atoms with van der Waals surface area (Å²) in [6.45, 7) is 12.1. The van der Waals surface area contributed by atoms with Gasteiger partial charge in [0.2, 0.25) is 0 Å². The highest BCUT2D eigenvalue weighted by Crippen LogP contribution is 2.40. The molecule has 0 saturated carbocycles. The average Bonchev–Trinajstić information content (AvgIpc) is 3.63. The topological polar surface area (TPSA) is 90.9 Å². The van der Waals surface area contributed by atoms with Crippen molar-refractivity contribution in [1.82, 2.24) is 0 Å². The summed E-state index contributed by atoms with van der Waals surface area (Å²) >= 11 is 0. The largest absolute Gasteiger partial charge is 0.368 e. The van der Waals surface area contributed by atoms with Gasteiger partial charge in [0.1, 0.15) is 36.6 Å². The normalized spacial score (nSPS) is 32.5. The van der Waals surface area contributed by atoms with Crippen LogP contribution in [-0.4, -0.2) is 74.0 Å². The first-order valence-electron chi connectivity index (χ1n) is 14.4. The van der Waals surface area contributed by atoms with Gasteiger partial charge in [-0.05, 0) is 38.8 Å². The van der Waals surface area contributed by atoms with Crippen molar-refractivity contribution >= 4 is 5.78 Å². The standard InChI is InChI=1S/C33H42O9/c1-7-23(25(34)28-27(41-33(4,5)42-28)24-20-38-32(2,3)40-24)26-29(36-18-21-14-10-8-11-15-21)30(31(35-6)39-26)37-19-22-16-12-9-13-17-22/h7-17,23-24,26-31H,1,18-20H2,2-6H3/t23-,24-,26-,27-,28-,29-,30-,31-/m1/s1. The van der Waals surface area contributed by atoms with Crippen LogP contribution >= 0.6 is 0 Å². The lowest BCUT2D eigenvalue weighted by molar-refractivity contribution is -0.176. The van der Waals surface area contributed by atoms with E-state index >= 15 is 0 Å². The maximum Gasteiger partial charge on any atom is 0.186 e. The highest BCUT2D eigenvalue weighted by Gasteiger charge is 2.57. The Balaban J connectivity index is 1.40. The Morgan fingerprint density at radius 1 is 0.905 bits per heavy atom. The summed E-state index contributed by atoms with van der Waals surface area (Å²) in [6, 6.07) is 19.7. The Morgan fingerprint density at radius 2 is 1.50 bits per heavy atom. The molecule has 228 valence electrons. The number of carbonyl (C=O) groups is 1. The molecule has 8 atom stereocenters. The predicted octanol–water partition coefficient (Wildman–Crippen LogP) is 4.57. The van der Waals surface area contributed by atoms with Gasteiger partial charge in [-0.15, -0.1) is 6.58 Å². The molecule has 3 heterocycles. The van der Waals surface area contributed by atoms with E-state index in [4.69, 9.17) is 37.9 Å². The molecule has 0 amide bonds. The predicted molar refractivity (Wildman–Crippen MR) is 153 cm³/mol. The van der Waals surface area contributed by atoms with E-state index in [1.165, 1.54) is 0 Å². The summed E-state index contributed by atoms with van der Waals surface area (Å²) in [7, 11) is 1.55. The van der Waals surface area contributed by atoms with Crippen LogP contribution in [0.15, 0.2) is 73.3 Å². The van der Waals surface area contributed by atoms with Crippen LogP contribution in [0.25, 0.3) is 0 Å². The first kappa shape index (κ1) is 31.0. The molecular formula is C33H42O9. The molecule has 0 N–H and O–H groups in total. The molecule has 42 heavy (non-hydrogen) atoms. The number of ketones is 1. The Hall–Kier alpha value is -2.47. The second kappa shape index (κ2) is 13.0. The van der Waals surface area contributed by atoms with Crippen LogP contribution in [0, 0.1) is 5.92 Å². The van der Waals surface area contributed by atoms with Crippen molar-refractivity contribution in [2.75, 3.05) is 13.7 Å². The molecule has 0 radical (unpaired) electrons. The summed E-state index contributed by atoms with van der Waals surface area (Å²) in [4.78, 5) is 14.3. The summed E-state index contributed by atoms with van der Waals surface area (Å²) in [6.07, 6.45) is -3.29. The lowest BCUT2D eigenvalue weighted by atomic mass is 9.87. The van der Waals surface area contributed by atoms with Crippen LogP contribution in [0.5, 0.6) is 0 Å². The third kappa shape index (κ3) is 7.01. The van der Waals surface area contributed by atoms with E-state index in [9.17, 15) is 4.79 Å². The van der Waals surface area contributed by atoms with Crippen molar-refractivity contribution in [3.8, 4) is 0 Å². The van der Waals surface area contributed by atoms with Crippen molar-refractivity contribution in [2.24, 2.45) is 5.92 Å². The zero-order chi connectivity index (χ0) is 29.9. The van der Waals surface area contributed by atoms with Gasteiger partial charge in [0.15, 0.2) is 23.6 Å². The van der Waals surface area contributed by atoms with Gasteiger partial charge in [0.05, 0.1) is 25.7 Å². The zero-order valence-electron chi connectivity index (χ0n) is 25.0. The van der Waals surface area contributed by atoms with Crippen molar-refractivity contribution in [3.63, 3.8) is 0 Å². The fourth-order valence-electron chi connectivity index (χ4n) is 5.79. The molecule has 0 aliphatic carbocycles. The minimum absolute atomic E-state index is 0.245. The molecule has 9 heteroatoms. The third-order valence-corrected chi connectivity index (χ3v) is 7.75. The second-order valence-electron chi connectivity index (χ2n) is 11.8. The molecule has 0 bridgehead atoms. The van der Waals surface area contributed by atoms with Gasteiger partial charge in [0.25, 0.3) is 0 Å². The van der Waals surface area contributed by atoms with Crippen LogP contribution in [-0.2, 0) is 55.9 Å². The van der Waals surface area contributed by atoms with Crippen molar-refractivity contribution < 1.29 is 42.7 Å². The average molecular weight is 583 g/mol. The third-order valence-electron chi connectivity index (χ3n) is 7.75. The van der Waals surface area contributed by atoms with Crippen LogP contribution in [0.3, 0.4) is 0 Å². The fraction of sp³-hybridized carbons (Fsp3) is 0.545. The molecule has 3 aliphatic heterocycles. The van der Waals surface area contributed by atoms with Crippen molar-refractivity contribution in [3.05, 3.63) is 84.4 Å². The molecule has 3 saturated heterocycles. The second-order valence-corrected chi connectivity index (χ2v) is 11.8. The number of hydrogen-bond donors (Lipinski definition) is 0. The zero-order valence-corrected chi connectivity index (χ0v) is 25.0. The quantitative estimate of drug-likeness (QED) is 0.334. The summed E-state index contributed by atoms with van der Waals surface area (Å²) in [5, 5.41) is 0. The molecule has 9 nitrogen and oxygen atoms in total. The number of ether oxygens (including phenoxy) is 8. The van der Waals surface area contributed by atoms with E-state index in [2.05, 4.69) is 6.58 Å². The minimum Gasteiger partial charge on any atom is -0.368 e. The van der Waals surface area contributed by atoms with E-state index < -0.39 is 60.4 Å². The van der Waals surface area contributed by atoms with Crippen LogP contribution < -0.4 is 0 Å². The van der Waals surface area contributed by atoms with Crippen molar-refractivity contribution in [2.45, 2.75) is 95.4 Å². The smallest absolute Gasteiger partial charge is 0.186 e. The Kier molecular flexibility index (Phi) is 9.61. The van der Waals surface area contributed by atoms with Crippen LogP contribution in [0.1, 0.15) is 38.8 Å². The van der Waals surface area contributed by atoms with Gasteiger partial charge in [-0.2, -0.15) is 0 Å². The Morgan fingerprint density at radius 3 is 2.02 bits per heavy atom. The van der Waals surface area contributed by atoms with Gasteiger partial charge in [0, 0.05) is 7.11 Å². The van der Waals surface area contributed by atoms with E-state index in [-0.39, 0.29) is 12.4 Å². The molecule has 0 aromatic heterocycles. The highest BCUT2D eigenvalue weighted by molar-refractivity contribution is 5.88. The van der Waals surface area contributed by atoms with Gasteiger partial charge < -0.3 is 37.9 Å². The van der Waals surface area contributed by atoms with Gasteiger partial charge in [-0.1, -0.05) is 66.7 Å². The SMILES string of the molecule is C=C[C@H](C(=O)[C@H]1OC(C)(C)O[C@@H]1[C@H]1COC(C)(C)O1)[C@H]1O[C@@H](OC)[C@H](OCc2ccccc2)[C@@H]1OCc1ccccc1. The Bertz CT molecular complexity index is 1180. The molecule has 2 aromatic carbocycles. The lowest BCUT2D eigenvalue weighted by Crippen LogP contribution is -2.48. The monoisotopic (exact) mass is 582 g/mol. The van der Waals surface area contributed by atoms with E-state index in [0.717, 1.165) is 11.1 Å². The Labute approximate surface area is 248 Å². The van der Waals surface area contributed by atoms with E-state index in [1.807, 2.05) is 74.5 Å². The maximum atomic E-state index is 14.3. The van der Waals surface area contributed by atoms with Crippen molar-refractivity contribution in [1.29, 1.82) is 0 Å². The molecular weight excluding hydrogens is 540 g/mol. The van der Waals surface area contributed by atoms with Gasteiger partial charge in [-0.3, -0.25) is 4.79 Å². The van der Waals surface area contributed by atoms with Gasteiger partial charge in [-0.25, -0.2) is 0 Å². The molecule has 0 unspecified atom stereocenters. The van der Waals surface area contributed by atoms with Gasteiger partial charge >= 0.3 is 0 Å². The first-order valence-corrected chi connectivity index (χ1v) is 14.4. The van der Waals surface area contributed by atoms with Crippen LogP contribution in [0.4, 0.5) is 0 Å². The van der Waals surface area contributed by atoms with E-state index in [1.54, 1.807) is 27.0 Å². The van der Waals surface area contributed by atoms with E-state index in [0.29, 0.717) is 13.2 Å². The molecule has 3 aliphatic rings. The first-order chi connectivity index (χ1) is 20.1. The molecule has 0 spiro atoms.